The van der Waals surface area contributed by atoms with Gasteiger partial charge in [-0.1, -0.05) is 12.1 Å². The van der Waals surface area contributed by atoms with Crippen molar-refractivity contribution in [1.29, 1.82) is 0 Å². The van der Waals surface area contributed by atoms with Gasteiger partial charge in [0.05, 0.1) is 32.3 Å². The molecule has 3 aromatic rings. The first-order valence-corrected chi connectivity index (χ1v) is 9.03. The van der Waals surface area contributed by atoms with Crippen molar-refractivity contribution < 1.29 is 19.0 Å². The van der Waals surface area contributed by atoms with Crippen molar-refractivity contribution in [1.82, 2.24) is 15.2 Å². The molecule has 0 spiro atoms. The Bertz CT molecular complexity index is 1130. The number of benzene rings is 2. The molecule has 0 bridgehead atoms. The van der Waals surface area contributed by atoms with Gasteiger partial charge in [0.2, 0.25) is 0 Å². The number of nitrogens with zero attached hydrogens (tertiary/aromatic N) is 3. The molecule has 0 atom stereocenters. The van der Waals surface area contributed by atoms with Crippen LogP contribution in [0.4, 0.5) is 11.5 Å². The van der Waals surface area contributed by atoms with Crippen LogP contribution in [0.15, 0.2) is 58.6 Å². The molecule has 11 nitrogen and oxygen atoms in total. The van der Waals surface area contributed by atoms with Crippen molar-refractivity contribution >= 4 is 23.6 Å². The number of hydrogen-bond acceptors (Lipinski definition) is 9. The lowest BCUT2D eigenvalue weighted by Crippen LogP contribution is -2.20. The Morgan fingerprint density at radius 1 is 1.13 bits per heavy atom. The molecule has 1 aromatic heterocycles. The highest BCUT2D eigenvalue weighted by molar-refractivity contribution is 5.93. The topological polar surface area (TPSA) is 140 Å². The van der Waals surface area contributed by atoms with Crippen LogP contribution >= 0.6 is 0 Å². The SMILES string of the molecule is COc1ccccc1NC(=O)COc1ccc(/C=N/Nc2cn[nH]c(=O)n2)cc1OC. The van der Waals surface area contributed by atoms with Gasteiger partial charge in [-0.15, -0.1) is 0 Å². The van der Waals surface area contributed by atoms with Crippen LogP contribution in [0.1, 0.15) is 5.56 Å². The Kier molecular flexibility index (Phi) is 7.14. The standard InChI is InChI=1S/C20H20N6O5/c1-29-15-6-4-3-5-14(15)23-19(27)12-31-16-8-7-13(9-17(16)30-2)10-21-25-18-11-22-26-20(28)24-18/h3-11H,12H2,1-2H3,(H,23,27)(H2,24,25,26,28)/b21-10+. The van der Waals surface area contributed by atoms with Crippen molar-refractivity contribution in [2.24, 2.45) is 5.10 Å². The Hall–Kier alpha value is -4.41. The van der Waals surface area contributed by atoms with E-state index in [9.17, 15) is 9.59 Å². The lowest BCUT2D eigenvalue weighted by Gasteiger charge is -2.12. The second kappa shape index (κ2) is 10.4. The molecule has 0 aliphatic carbocycles. The highest BCUT2D eigenvalue weighted by Gasteiger charge is 2.10. The summed E-state index contributed by atoms with van der Waals surface area (Å²) in [5.74, 6) is 1.22. The second-order valence-electron chi connectivity index (χ2n) is 5.99. The zero-order valence-corrected chi connectivity index (χ0v) is 16.8. The van der Waals surface area contributed by atoms with Gasteiger partial charge in [-0.25, -0.2) is 9.89 Å². The van der Waals surface area contributed by atoms with Crippen LogP contribution in [-0.4, -0.2) is 48.1 Å². The average Bonchev–Trinajstić information content (AvgIpc) is 2.78. The van der Waals surface area contributed by atoms with Gasteiger partial charge in [-0.2, -0.15) is 15.2 Å². The Morgan fingerprint density at radius 2 is 1.94 bits per heavy atom. The maximum Gasteiger partial charge on any atom is 0.363 e. The molecule has 31 heavy (non-hydrogen) atoms. The molecule has 0 aliphatic rings. The molecule has 3 rings (SSSR count). The summed E-state index contributed by atoms with van der Waals surface area (Å²) in [5, 5.41) is 12.5. The van der Waals surface area contributed by atoms with E-state index in [4.69, 9.17) is 14.2 Å². The van der Waals surface area contributed by atoms with Gasteiger partial charge in [0.1, 0.15) is 5.75 Å². The molecule has 2 aromatic carbocycles. The fraction of sp³-hybridized carbons (Fsp3) is 0.150. The zero-order chi connectivity index (χ0) is 22.1. The van der Waals surface area contributed by atoms with E-state index in [1.54, 1.807) is 36.4 Å². The molecule has 0 saturated carbocycles. The van der Waals surface area contributed by atoms with Gasteiger partial charge < -0.3 is 19.5 Å². The van der Waals surface area contributed by atoms with E-state index < -0.39 is 5.69 Å². The smallest absolute Gasteiger partial charge is 0.363 e. The summed E-state index contributed by atoms with van der Waals surface area (Å²) in [7, 11) is 3.02. The minimum Gasteiger partial charge on any atom is -0.495 e. The Labute approximate surface area is 177 Å². The number of anilines is 2. The van der Waals surface area contributed by atoms with Gasteiger partial charge in [0.15, 0.2) is 23.9 Å². The van der Waals surface area contributed by atoms with Crippen molar-refractivity contribution in [2.75, 3.05) is 31.6 Å². The van der Waals surface area contributed by atoms with Crippen molar-refractivity contribution in [2.45, 2.75) is 0 Å². The average molecular weight is 424 g/mol. The van der Waals surface area contributed by atoms with Crippen LogP contribution in [0.2, 0.25) is 0 Å². The second-order valence-corrected chi connectivity index (χ2v) is 5.99. The molecule has 1 heterocycles. The number of hydrazone groups is 1. The number of H-pyrrole nitrogens is 1. The fourth-order valence-corrected chi connectivity index (χ4v) is 2.50. The fourth-order valence-electron chi connectivity index (χ4n) is 2.50. The maximum absolute atomic E-state index is 12.2. The molecule has 0 unspecified atom stereocenters. The number of carbonyl (C=O) groups excluding carboxylic acids is 1. The van der Waals surface area contributed by atoms with E-state index in [0.717, 1.165) is 0 Å². The van der Waals surface area contributed by atoms with Crippen molar-refractivity contribution in [3.63, 3.8) is 0 Å². The molecule has 0 aliphatic heterocycles. The minimum atomic E-state index is -0.585. The largest absolute Gasteiger partial charge is 0.495 e. The van der Waals surface area contributed by atoms with Gasteiger partial charge in [0, 0.05) is 0 Å². The van der Waals surface area contributed by atoms with E-state index in [2.05, 4.69) is 31.0 Å². The van der Waals surface area contributed by atoms with E-state index in [0.29, 0.717) is 28.5 Å². The van der Waals surface area contributed by atoms with Crippen LogP contribution in [0, 0.1) is 0 Å². The normalized spacial score (nSPS) is 10.5. The third-order valence-electron chi connectivity index (χ3n) is 3.89. The van der Waals surface area contributed by atoms with E-state index in [1.807, 2.05) is 6.07 Å². The number of aromatic amines is 1. The lowest BCUT2D eigenvalue weighted by molar-refractivity contribution is -0.118. The number of para-hydroxylation sites is 2. The predicted molar refractivity (Wildman–Crippen MR) is 114 cm³/mol. The third-order valence-corrected chi connectivity index (χ3v) is 3.89. The quantitative estimate of drug-likeness (QED) is 0.348. The van der Waals surface area contributed by atoms with E-state index in [1.165, 1.54) is 26.6 Å². The molecule has 0 fully saturated rings. The van der Waals surface area contributed by atoms with Crippen LogP contribution in [0.5, 0.6) is 17.2 Å². The van der Waals surface area contributed by atoms with E-state index in [-0.39, 0.29) is 18.3 Å². The number of hydrogen-bond donors (Lipinski definition) is 3. The summed E-state index contributed by atoms with van der Waals surface area (Å²) in [6.45, 7) is -0.218. The van der Waals surface area contributed by atoms with Crippen LogP contribution in [0.25, 0.3) is 0 Å². The molecular weight excluding hydrogens is 404 g/mol. The van der Waals surface area contributed by atoms with Gasteiger partial charge in [-0.3, -0.25) is 10.2 Å². The first-order valence-electron chi connectivity index (χ1n) is 9.03. The van der Waals surface area contributed by atoms with Gasteiger partial charge >= 0.3 is 5.69 Å². The Balaban J connectivity index is 1.60. The molecule has 0 radical (unpaired) electrons. The summed E-state index contributed by atoms with van der Waals surface area (Å²) < 4.78 is 16.1. The highest BCUT2D eigenvalue weighted by atomic mass is 16.5. The van der Waals surface area contributed by atoms with Crippen molar-refractivity contribution in [3.05, 3.63) is 64.7 Å². The third kappa shape index (κ3) is 6.03. The number of carbonyl (C=O) groups is 1. The highest BCUT2D eigenvalue weighted by Crippen LogP contribution is 2.28. The molecular formula is C20H20N6O5. The molecule has 3 N–H and O–H groups in total. The first-order chi connectivity index (χ1) is 15.1. The molecule has 0 saturated heterocycles. The van der Waals surface area contributed by atoms with Crippen LogP contribution in [0.3, 0.4) is 0 Å². The number of aromatic nitrogens is 3. The number of ether oxygens (including phenoxy) is 3. The Morgan fingerprint density at radius 3 is 2.71 bits per heavy atom. The minimum absolute atomic E-state index is 0.202. The van der Waals surface area contributed by atoms with Crippen LogP contribution in [-0.2, 0) is 4.79 Å². The lowest BCUT2D eigenvalue weighted by atomic mass is 10.2. The molecule has 160 valence electrons. The van der Waals surface area contributed by atoms with Gasteiger partial charge in [-0.05, 0) is 35.9 Å². The molecule has 11 heteroatoms. The summed E-state index contributed by atoms with van der Waals surface area (Å²) in [6.07, 6.45) is 2.83. The van der Waals surface area contributed by atoms with Crippen LogP contribution < -0.4 is 30.6 Å². The van der Waals surface area contributed by atoms with E-state index >= 15 is 0 Å². The maximum atomic E-state index is 12.2. The first kappa shape index (κ1) is 21.3. The summed E-state index contributed by atoms with van der Waals surface area (Å²) in [5.41, 5.74) is 3.25. The number of nitrogens with one attached hydrogen (secondary N) is 3. The molecule has 1 amide bonds. The number of amides is 1. The summed E-state index contributed by atoms with van der Waals surface area (Å²) in [6, 6.07) is 12.1. The summed E-state index contributed by atoms with van der Waals surface area (Å²) in [4.78, 5) is 27.0. The number of methoxy groups -OCH3 is 2. The number of rotatable bonds is 9. The summed E-state index contributed by atoms with van der Waals surface area (Å²) >= 11 is 0. The predicted octanol–water partition coefficient (Wildman–Crippen LogP) is 1.65. The van der Waals surface area contributed by atoms with Crippen molar-refractivity contribution in [3.8, 4) is 17.2 Å². The van der Waals surface area contributed by atoms with Gasteiger partial charge in [0.25, 0.3) is 5.91 Å². The zero-order valence-electron chi connectivity index (χ0n) is 16.8. The monoisotopic (exact) mass is 424 g/mol.